The highest BCUT2D eigenvalue weighted by molar-refractivity contribution is 9.09. The number of methoxy groups -OCH3 is 1. The molecule has 0 aromatic carbocycles. The summed E-state index contributed by atoms with van der Waals surface area (Å²) in [6.07, 6.45) is 16.4. The summed E-state index contributed by atoms with van der Waals surface area (Å²) in [5.74, 6) is -0.251. The normalized spacial score (nSPS) is 11.0. The van der Waals surface area contributed by atoms with Gasteiger partial charge in [-0.3, -0.25) is 0 Å². The maximum absolute atomic E-state index is 10.8. The summed E-state index contributed by atoms with van der Waals surface area (Å²) in [5.41, 5.74) is 0. The van der Waals surface area contributed by atoms with Crippen molar-refractivity contribution in [3.8, 4) is 0 Å². The second-order valence-corrected chi connectivity index (χ2v) is 5.38. The van der Waals surface area contributed by atoms with Crippen LogP contribution in [-0.4, -0.2) is 18.4 Å². The molecule has 0 aliphatic rings. The molecule has 0 saturated heterocycles. The summed E-state index contributed by atoms with van der Waals surface area (Å²) in [6, 6.07) is 0. The molecule has 0 unspecified atom stereocenters. The fraction of sp³-hybridized carbons (Fsp3) is 0.800. The molecule has 0 spiro atoms. The van der Waals surface area contributed by atoms with E-state index in [9.17, 15) is 4.79 Å². The van der Waals surface area contributed by atoms with Crippen LogP contribution in [0.2, 0.25) is 0 Å². The van der Waals surface area contributed by atoms with Gasteiger partial charge in [0.05, 0.1) is 7.11 Å². The van der Waals surface area contributed by atoms with Crippen LogP contribution in [0.4, 0.5) is 0 Å². The largest absolute Gasteiger partial charge is 0.466 e. The quantitative estimate of drug-likeness (QED) is 0.219. The molecule has 0 aromatic rings. The fourth-order valence-corrected chi connectivity index (χ4v) is 2.24. The zero-order valence-electron chi connectivity index (χ0n) is 11.6. The molecule has 106 valence electrons. The number of halogens is 1. The summed E-state index contributed by atoms with van der Waals surface area (Å²) in [5, 5.41) is 1.14. The molecule has 0 saturated carbocycles. The Kier molecular flexibility index (Phi) is 14.5. The first-order valence-electron chi connectivity index (χ1n) is 7.11. The van der Waals surface area contributed by atoms with Gasteiger partial charge >= 0.3 is 5.97 Å². The van der Waals surface area contributed by atoms with Gasteiger partial charge in [0.25, 0.3) is 0 Å². The number of hydrogen-bond donors (Lipinski definition) is 0. The van der Waals surface area contributed by atoms with Gasteiger partial charge in [-0.05, 0) is 19.3 Å². The van der Waals surface area contributed by atoms with Crippen LogP contribution in [0.15, 0.2) is 12.2 Å². The van der Waals surface area contributed by atoms with E-state index in [-0.39, 0.29) is 5.97 Å². The smallest absolute Gasteiger partial charge is 0.330 e. The molecule has 2 nitrogen and oxygen atoms in total. The number of carbonyl (C=O) groups excluding carboxylic acids is 1. The molecule has 0 rings (SSSR count). The third-order valence-corrected chi connectivity index (χ3v) is 3.52. The average molecular weight is 319 g/mol. The van der Waals surface area contributed by atoms with Crippen molar-refractivity contribution in [1.82, 2.24) is 0 Å². The summed E-state index contributed by atoms with van der Waals surface area (Å²) >= 11 is 3.45. The molecule has 0 atom stereocenters. The molecule has 0 bridgehead atoms. The van der Waals surface area contributed by atoms with Crippen molar-refractivity contribution in [2.24, 2.45) is 0 Å². The summed E-state index contributed by atoms with van der Waals surface area (Å²) in [6.45, 7) is 0. The van der Waals surface area contributed by atoms with Crippen molar-refractivity contribution < 1.29 is 9.53 Å². The second kappa shape index (κ2) is 14.7. The number of unbranched alkanes of at least 4 members (excludes halogenated alkanes) is 9. The number of esters is 1. The Bertz CT molecular complexity index is 215. The van der Waals surface area contributed by atoms with Gasteiger partial charge in [0.15, 0.2) is 0 Å². The third kappa shape index (κ3) is 13.8. The highest BCUT2D eigenvalue weighted by Crippen LogP contribution is 2.11. The number of hydrogen-bond acceptors (Lipinski definition) is 2. The van der Waals surface area contributed by atoms with Crippen LogP contribution in [0.1, 0.15) is 64.2 Å². The Morgan fingerprint density at radius 3 is 1.94 bits per heavy atom. The molecule has 0 aliphatic heterocycles. The third-order valence-electron chi connectivity index (χ3n) is 2.96. The second-order valence-electron chi connectivity index (χ2n) is 4.59. The lowest BCUT2D eigenvalue weighted by Crippen LogP contribution is -1.93. The average Bonchev–Trinajstić information content (AvgIpc) is 2.39. The van der Waals surface area contributed by atoms with Crippen LogP contribution in [-0.2, 0) is 9.53 Å². The van der Waals surface area contributed by atoms with Crippen molar-refractivity contribution in [2.75, 3.05) is 12.4 Å². The summed E-state index contributed by atoms with van der Waals surface area (Å²) in [4.78, 5) is 10.8. The van der Waals surface area contributed by atoms with Gasteiger partial charge < -0.3 is 4.74 Å². The lowest BCUT2D eigenvalue weighted by molar-refractivity contribution is -0.134. The van der Waals surface area contributed by atoms with Crippen molar-refractivity contribution in [2.45, 2.75) is 64.2 Å². The zero-order chi connectivity index (χ0) is 13.5. The highest BCUT2D eigenvalue weighted by atomic mass is 79.9. The van der Waals surface area contributed by atoms with Crippen LogP contribution < -0.4 is 0 Å². The Morgan fingerprint density at radius 2 is 1.44 bits per heavy atom. The van der Waals surface area contributed by atoms with E-state index in [2.05, 4.69) is 20.7 Å². The Morgan fingerprint density at radius 1 is 0.944 bits per heavy atom. The standard InChI is InChI=1S/C15H27BrO2/c1-18-15(17)13-11-9-7-5-3-2-4-6-8-10-12-14-16/h11,13H,2-10,12,14H2,1H3. The maximum atomic E-state index is 10.8. The monoisotopic (exact) mass is 318 g/mol. The number of allylic oxidation sites excluding steroid dienone is 1. The van der Waals surface area contributed by atoms with Crippen molar-refractivity contribution in [3.63, 3.8) is 0 Å². The van der Waals surface area contributed by atoms with E-state index in [1.54, 1.807) is 0 Å². The molecule has 0 radical (unpaired) electrons. The summed E-state index contributed by atoms with van der Waals surface area (Å²) < 4.78 is 4.52. The SMILES string of the molecule is COC(=O)C=CCCCCCCCCCCCBr. The predicted molar refractivity (Wildman–Crippen MR) is 81.1 cm³/mol. The summed E-state index contributed by atoms with van der Waals surface area (Å²) in [7, 11) is 1.41. The molecular formula is C15H27BrO2. The maximum Gasteiger partial charge on any atom is 0.330 e. The molecule has 0 N–H and O–H groups in total. The van der Waals surface area contributed by atoms with Crippen LogP contribution in [0, 0.1) is 0 Å². The minimum atomic E-state index is -0.251. The number of alkyl halides is 1. The van der Waals surface area contributed by atoms with Gasteiger partial charge in [-0.15, -0.1) is 0 Å². The molecule has 0 amide bonds. The van der Waals surface area contributed by atoms with Crippen molar-refractivity contribution >= 4 is 21.9 Å². The Labute approximate surface area is 120 Å². The Balaban J connectivity index is 3.07. The topological polar surface area (TPSA) is 26.3 Å². The lowest BCUT2D eigenvalue weighted by Gasteiger charge is -2.01. The molecule has 0 fully saturated rings. The molecule has 0 heterocycles. The molecule has 3 heteroatoms. The van der Waals surface area contributed by atoms with Crippen molar-refractivity contribution in [1.29, 1.82) is 0 Å². The first-order chi connectivity index (χ1) is 8.81. The lowest BCUT2D eigenvalue weighted by atomic mass is 10.1. The highest BCUT2D eigenvalue weighted by Gasteiger charge is 1.93. The number of ether oxygens (including phenoxy) is 1. The van der Waals surface area contributed by atoms with E-state index >= 15 is 0 Å². The molecule has 18 heavy (non-hydrogen) atoms. The van der Waals surface area contributed by atoms with E-state index in [1.807, 2.05) is 6.08 Å². The van der Waals surface area contributed by atoms with Gasteiger partial charge in [0, 0.05) is 11.4 Å². The van der Waals surface area contributed by atoms with Crippen LogP contribution in [0.25, 0.3) is 0 Å². The van der Waals surface area contributed by atoms with Gasteiger partial charge in [0.1, 0.15) is 0 Å². The Hall–Kier alpha value is -0.310. The van der Waals surface area contributed by atoms with E-state index in [4.69, 9.17) is 0 Å². The van der Waals surface area contributed by atoms with Crippen molar-refractivity contribution in [3.05, 3.63) is 12.2 Å². The molecule has 0 aromatic heterocycles. The number of carbonyl (C=O) groups is 1. The van der Waals surface area contributed by atoms with Gasteiger partial charge in [-0.25, -0.2) is 4.79 Å². The van der Waals surface area contributed by atoms with Crippen LogP contribution in [0.5, 0.6) is 0 Å². The van der Waals surface area contributed by atoms with Crippen LogP contribution in [0.3, 0.4) is 0 Å². The van der Waals surface area contributed by atoms with Gasteiger partial charge in [-0.2, -0.15) is 0 Å². The first-order valence-corrected chi connectivity index (χ1v) is 8.24. The van der Waals surface area contributed by atoms with Gasteiger partial charge in [0.2, 0.25) is 0 Å². The van der Waals surface area contributed by atoms with E-state index in [0.29, 0.717) is 0 Å². The van der Waals surface area contributed by atoms with Crippen LogP contribution >= 0.6 is 15.9 Å². The fourth-order valence-electron chi connectivity index (χ4n) is 1.84. The molecule has 0 aliphatic carbocycles. The number of rotatable bonds is 12. The minimum absolute atomic E-state index is 0.251. The minimum Gasteiger partial charge on any atom is -0.466 e. The van der Waals surface area contributed by atoms with E-state index in [0.717, 1.165) is 11.8 Å². The van der Waals surface area contributed by atoms with E-state index < -0.39 is 0 Å². The first kappa shape index (κ1) is 17.7. The predicted octanol–water partition coefficient (Wildman–Crippen LogP) is 5.01. The van der Waals surface area contributed by atoms with Gasteiger partial charge in [-0.1, -0.05) is 67.0 Å². The zero-order valence-corrected chi connectivity index (χ0v) is 13.2. The van der Waals surface area contributed by atoms with E-state index in [1.165, 1.54) is 71.0 Å². The molecular weight excluding hydrogens is 292 g/mol.